The van der Waals surface area contributed by atoms with Crippen LogP contribution in [0.5, 0.6) is 0 Å². The van der Waals surface area contributed by atoms with Crippen molar-refractivity contribution in [2.24, 2.45) is 29.6 Å². The predicted octanol–water partition coefficient (Wildman–Crippen LogP) is 7.15. The Morgan fingerprint density at radius 1 is 0.786 bits per heavy atom. The van der Waals surface area contributed by atoms with Crippen LogP contribution in [-0.4, -0.2) is 16.3 Å². The van der Waals surface area contributed by atoms with Gasteiger partial charge in [0, 0.05) is 0 Å². The Kier molecular flexibility index (Phi) is 14.0. The number of amidine groups is 1. The van der Waals surface area contributed by atoms with E-state index in [1.165, 1.54) is 5.56 Å². The molecule has 1 aromatic carbocycles. The van der Waals surface area contributed by atoms with E-state index in [0.717, 1.165) is 41.7 Å². The van der Waals surface area contributed by atoms with Gasteiger partial charge in [-0.05, 0) is 52.8 Å². The molecule has 0 radical (unpaired) electrons. The summed E-state index contributed by atoms with van der Waals surface area (Å²) in [5, 5.41) is 10.0. The van der Waals surface area contributed by atoms with Crippen LogP contribution in [0.15, 0.2) is 24.3 Å². The van der Waals surface area contributed by atoms with E-state index in [9.17, 15) is 5.41 Å². The molecule has 0 saturated heterocycles. The van der Waals surface area contributed by atoms with Crippen LogP contribution in [0.4, 0.5) is 0 Å². The fourth-order valence-corrected chi connectivity index (χ4v) is 4.22. The van der Waals surface area contributed by atoms with Crippen molar-refractivity contribution >= 4 is 5.84 Å². The summed E-state index contributed by atoms with van der Waals surface area (Å²) in [5.41, 5.74) is 2.16. The molecule has 2 nitrogen and oxygen atoms in total. The van der Waals surface area contributed by atoms with Crippen molar-refractivity contribution in [1.82, 2.24) is 4.90 Å². The average molecular weight is 421 g/mol. The SMILES string of the molecule is CC(C)(C)N1Cc2ccccc2C1=[N-].CC1C(C)C(C)C(C)C1C.[CH3-].[CH3-].[CH3-].[Ti+4]. The summed E-state index contributed by atoms with van der Waals surface area (Å²) in [5.74, 6) is 5.09. The molecule has 0 atom stereocenters. The van der Waals surface area contributed by atoms with E-state index in [4.69, 9.17) is 0 Å². The minimum absolute atomic E-state index is 0. The van der Waals surface area contributed by atoms with Crippen LogP contribution in [-0.2, 0) is 28.3 Å². The zero-order valence-corrected chi connectivity index (χ0v) is 21.9. The molecule has 1 aromatic rings. The Balaban J connectivity index is -0.000000407. The maximum absolute atomic E-state index is 10.0. The minimum Gasteiger partial charge on any atom is -0.464 e. The van der Waals surface area contributed by atoms with Crippen LogP contribution in [0.1, 0.15) is 66.5 Å². The summed E-state index contributed by atoms with van der Waals surface area (Å²) in [6, 6.07) is 8.01. The summed E-state index contributed by atoms with van der Waals surface area (Å²) in [6.45, 7) is 19.1. The van der Waals surface area contributed by atoms with Gasteiger partial charge in [-0.1, -0.05) is 85.5 Å². The molecule has 28 heavy (non-hydrogen) atoms. The monoisotopic (exact) mass is 420 g/mol. The van der Waals surface area contributed by atoms with E-state index < -0.39 is 0 Å². The van der Waals surface area contributed by atoms with Gasteiger partial charge in [-0.25, -0.2) is 0 Å². The van der Waals surface area contributed by atoms with Crippen molar-refractivity contribution in [1.29, 1.82) is 0 Å². The fourth-order valence-electron chi connectivity index (χ4n) is 4.22. The summed E-state index contributed by atoms with van der Waals surface area (Å²) >= 11 is 0. The Bertz CT molecular complexity index is 546. The molecule has 1 heterocycles. The number of fused-ring (bicyclic) bond motifs is 1. The quantitative estimate of drug-likeness (QED) is 0.323. The normalized spacial score (nSPS) is 27.8. The molecule has 158 valence electrons. The number of nitrogens with zero attached hydrogens (tertiary/aromatic N) is 2. The van der Waals surface area contributed by atoms with Crippen LogP contribution in [0, 0.1) is 51.9 Å². The number of hydrogen-bond acceptors (Lipinski definition) is 0. The molecule has 0 spiro atoms. The standard InChI is InChI=1S/C12H15N2.C10H20.3CH3.Ti/c1-12(2,3)14-8-9-6-4-5-7-10(9)11(14)13;1-6-7(2)9(4)10(5)8(6)3;;;;/h4-7H,8H2,1-3H3;6-10H,1-5H3;3*1H3;/q-1;;3*-1;+4. The molecule has 3 heteroatoms. The minimum atomic E-state index is -0.0247. The number of rotatable bonds is 0. The summed E-state index contributed by atoms with van der Waals surface area (Å²) < 4.78 is 0. The van der Waals surface area contributed by atoms with Gasteiger partial charge in [0.2, 0.25) is 0 Å². The molecule has 0 amide bonds. The van der Waals surface area contributed by atoms with E-state index in [0.29, 0.717) is 5.84 Å². The smallest absolute Gasteiger partial charge is 0.464 e. The van der Waals surface area contributed by atoms with Gasteiger partial charge in [0.05, 0.1) is 0 Å². The number of hydrogen-bond donors (Lipinski definition) is 0. The van der Waals surface area contributed by atoms with Gasteiger partial charge >= 0.3 is 21.7 Å². The zero-order valence-electron chi connectivity index (χ0n) is 20.3. The van der Waals surface area contributed by atoms with E-state index in [1.54, 1.807) is 0 Å². The van der Waals surface area contributed by atoms with Crippen LogP contribution >= 0.6 is 0 Å². The van der Waals surface area contributed by atoms with Crippen molar-refractivity contribution < 1.29 is 21.7 Å². The van der Waals surface area contributed by atoms with Crippen LogP contribution in [0.25, 0.3) is 5.41 Å². The molecule has 0 bridgehead atoms. The first-order valence-corrected chi connectivity index (χ1v) is 9.47. The average Bonchev–Trinajstić information content (AvgIpc) is 2.96. The van der Waals surface area contributed by atoms with Crippen molar-refractivity contribution in [3.05, 3.63) is 63.1 Å². The maximum Gasteiger partial charge on any atom is 4.00 e. The van der Waals surface area contributed by atoms with Crippen LogP contribution in [0.3, 0.4) is 0 Å². The topological polar surface area (TPSA) is 25.5 Å². The van der Waals surface area contributed by atoms with Crippen LogP contribution in [0.2, 0.25) is 0 Å². The molecule has 0 N–H and O–H groups in total. The summed E-state index contributed by atoms with van der Waals surface area (Å²) in [7, 11) is 0. The number of benzene rings is 1. The molecule has 1 saturated carbocycles. The molecule has 0 aromatic heterocycles. The molecular formula is C25H44N2Ti. The Hall–Kier alpha value is -0.596. The van der Waals surface area contributed by atoms with Crippen molar-refractivity contribution in [2.75, 3.05) is 0 Å². The van der Waals surface area contributed by atoms with Gasteiger partial charge in [0.25, 0.3) is 0 Å². The van der Waals surface area contributed by atoms with Crippen molar-refractivity contribution in [3.8, 4) is 0 Å². The third-order valence-electron chi connectivity index (χ3n) is 6.80. The van der Waals surface area contributed by atoms with Crippen molar-refractivity contribution in [3.63, 3.8) is 0 Å². The van der Waals surface area contributed by atoms with Crippen LogP contribution < -0.4 is 0 Å². The van der Waals surface area contributed by atoms with Crippen molar-refractivity contribution in [2.45, 2.75) is 67.5 Å². The molecule has 2 aliphatic rings. The second-order valence-corrected chi connectivity index (χ2v) is 9.03. The first-order chi connectivity index (χ1) is 11.1. The molecule has 1 fully saturated rings. The molecule has 3 rings (SSSR count). The Morgan fingerprint density at radius 3 is 1.46 bits per heavy atom. The van der Waals surface area contributed by atoms with Gasteiger partial charge in [0.15, 0.2) is 0 Å². The predicted molar refractivity (Wildman–Crippen MR) is 124 cm³/mol. The van der Waals surface area contributed by atoms with E-state index in [-0.39, 0.29) is 49.5 Å². The molecule has 1 aliphatic heterocycles. The van der Waals surface area contributed by atoms with Gasteiger partial charge in [-0.2, -0.15) is 0 Å². The zero-order chi connectivity index (χ0) is 18.2. The fraction of sp³-hybridized carbons (Fsp3) is 0.600. The largest absolute Gasteiger partial charge is 4.00 e. The molecule has 0 unspecified atom stereocenters. The first-order valence-electron chi connectivity index (χ1n) is 9.47. The first kappa shape index (κ1) is 32.1. The summed E-state index contributed by atoms with van der Waals surface area (Å²) in [6.07, 6.45) is 0. The van der Waals surface area contributed by atoms with Gasteiger partial charge in [-0.3, -0.25) is 0 Å². The summed E-state index contributed by atoms with van der Waals surface area (Å²) in [4.78, 5) is 2.03. The second kappa shape index (κ2) is 12.2. The third-order valence-corrected chi connectivity index (χ3v) is 6.80. The van der Waals surface area contributed by atoms with E-state index in [2.05, 4.69) is 61.5 Å². The Morgan fingerprint density at radius 2 is 1.14 bits per heavy atom. The van der Waals surface area contributed by atoms with E-state index in [1.807, 2.05) is 23.1 Å². The van der Waals surface area contributed by atoms with E-state index >= 15 is 0 Å². The van der Waals surface area contributed by atoms with Gasteiger partial charge in [-0.15, -0.1) is 0 Å². The third kappa shape index (κ3) is 6.46. The maximum atomic E-state index is 10.0. The Labute approximate surface area is 192 Å². The van der Waals surface area contributed by atoms with Gasteiger partial charge < -0.3 is 32.6 Å². The second-order valence-electron chi connectivity index (χ2n) is 9.03. The molecule has 1 aliphatic carbocycles. The molecular weight excluding hydrogens is 376 g/mol. The van der Waals surface area contributed by atoms with Gasteiger partial charge in [0.1, 0.15) is 0 Å².